The molecule has 10 heteroatoms. The second kappa shape index (κ2) is 7.17. The van der Waals surface area contributed by atoms with Gasteiger partial charge in [0.1, 0.15) is 0 Å². The zero-order valence-corrected chi connectivity index (χ0v) is 15.6. The van der Waals surface area contributed by atoms with Crippen molar-refractivity contribution < 1.29 is 9.59 Å². The maximum absolute atomic E-state index is 12.6. The third kappa shape index (κ3) is 3.39. The molecule has 2 aromatic heterocycles. The third-order valence-corrected chi connectivity index (χ3v) is 5.21. The van der Waals surface area contributed by atoms with E-state index in [0.29, 0.717) is 10.8 Å². The molecular weight excluding hydrogens is 384 g/mol. The number of hydrogen-bond acceptors (Lipinski definition) is 8. The van der Waals surface area contributed by atoms with Gasteiger partial charge in [-0.25, -0.2) is 15.4 Å². The van der Waals surface area contributed by atoms with E-state index in [9.17, 15) is 9.59 Å². The fraction of sp³-hybridized carbons (Fsp3) is 0.0588. The number of carbonyl (C=O) groups is 2. The van der Waals surface area contributed by atoms with Crippen molar-refractivity contribution in [3.63, 3.8) is 0 Å². The zero-order chi connectivity index (χ0) is 18.8. The van der Waals surface area contributed by atoms with Crippen LogP contribution >= 0.6 is 22.7 Å². The first-order valence-corrected chi connectivity index (χ1v) is 9.58. The number of benzene rings is 1. The lowest BCUT2D eigenvalue weighted by Gasteiger charge is -2.06. The number of rotatable bonds is 4. The minimum Gasteiger partial charge on any atom is -0.265 e. The lowest BCUT2D eigenvalue weighted by atomic mass is 10.2. The molecule has 0 bridgehead atoms. The number of thiazole rings is 2. The predicted octanol–water partition coefficient (Wildman–Crippen LogP) is 2.78. The average Bonchev–Trinajstić information content (AvgIpc) is 3.42. The van der Waals surface area contributed by atoms with Crippen LogP contribution in [0, 0.1) is 0 Å². The molecule has 1 N–H and O–H groups in total. The average molecular weight is 396 g/mol. The Kier molecular flexibility index (Phi) is 4.57. The topological polar surface area (TPSA) is 99.9 Å². The molecule has 134 valence electrons. The predicted molar refractivity (Wildman–Crippen MR) is 105 cm³/mol. The van der Waals surface area contributed by atoms with Crippen molar-refractivity contribution >= 4 is 51.0 Å². The molecule has 0 spiro atoms. The molecule has 2 amide bonds. The fourth-order valence-electron chi connectivity index (χ4n) is 2.35. The molecule has 0 saturated heterocycles. The molecule has 0 fully saturated rings. The van der Waals surface area contributed by atoms with Crippen molar-refractivity contribution in [3.05, 3.63) is 52.3 Å². The molecule has 27 heavy (non-hydrogen) atoms. The van der Waals surface area contributed by atoms with Gasteiger partial charge in [-0.15, -0.1) is 22.7 Å². The molecule has 1 aliphatic rings. The van der Waals surface area contributed by atoms with Crippen LogP contribution in [-0.4, -0.2) is 33.2 Å². The first kappa shape index (κ1) is 17.2. The number of amides is 2. The molecule has 1 aliphatic heterocycles. The summed E-state index contributed by atoms with van der Waals surface area (Å²) >= 11 is 2.49. The van der Waals surface area contributed by atoms with E-state index in [4.69, 9.17) is 0 Å². The van der Waals surface area contributed by atoms with Gasteiger partial charge in [-0.3, -0.25) is 9.59 Å². The number of anilines is 1. The Morgan fingerprint density at radius 2 is 2.04 bits per heavy atom. The van der Waals surface area contributed by atoms with Gasteiger partial charge in [0.15, 0.2) is 10.7 Å². The lowest BCUT2D eigenvalue weighted by Crippen LogP contribution is -2.30. The first-order valence-electron chi connectivity index (χ1n) is 7.82. The molecule has 4 rings (SSSR count). The standard InChI is InChI=1S/C17H12N6O2S2/c1-10-13(20-21-14(24)15-18-7-8-26-15)16(25)23(22-10)17-19-12(9-27-17)11-5-3-2-4-6-11/h2-9H,1H3,(H,21,24)/b20-13+. The highest BCUT2D eigenvalue weighted by atomic mass is 32.1. The van der Waals surface area contributed by atoms with Gasteiger partial charge < -0.3 is 0 Å². The SMILES string of the molecule is CC1=NN(c2nc(-c3ccccc3)cs2)C(=O)/C1=N/NC(=O)c1nccs1. The second-order valence-corrected chi connectivity index (χ2v) is 7.15. The van der Waals surface area contributed by atoms with Gasteiger partial charge in [0.25, 0.3) is 5.91 Å². The van der Waals surface area contributed by atoms with Gasteiger partial charge in [0.2, 0.25) is 5.13 Å². The first-order chi connectivity index (χ1) is 13.1. The van der Waals surface area contributed by atoms with Crippen molar-refractivity contribution in [3.8, 4) is 11.3 Å². The Morgan fingerprint density at radius 1 is 1.22 bits per heavy atom. The van der Waals surface area contributed by atoms with Crippen LogP contribution in [0.15, 0.2) is 57.5 Å². The highest BCUT2D eigenvalue weighted by molar-refractivity contribution is 7.14. The third-order valence-electron chi connectivity index (χ3n) is 3.63. The van der Waals surface area contributed by atoms with Gasteiger partial charge in [-0.1, -0.05) is 30.3 Å². The van der Waals surface area contributed by atoms with Crippen LogP contribution in [0.1, 0.15) is 16.7 Å². The summed E-state index contributed by atoms with van der Waals surface area (Å²) in [6, 6.07) is 9.67. The molecular formula is C17H12N6O2S2. The van der Waals surface area contributed by atoms with E-state index in [1.54, 1.807) is 12.3 Å². The highest BCUT2D eigenvalue weighted by Gasteiger charge is 2.33. The summed E-state index contributed by atoms with van der Waals surface area (Å²) in [5.41, 5.74) is 4.53. The van der Waals surface area contributed by atoms with Crippen molar-refractivity contribution in [2.24, 2.45) is 10.2 Å². The van der Waals surface area contributed by atoms with Crippen LogP contribution in [0.3, 0.4) is 0 Å². The second-order valence-electron chi connectivity index (χ2n) is 5.42. The van der Waals surface area contributed by atoms with E-state index in [1.165, 1.54) is 33.9 Å². The monoisotopic (exact) mass is 396 g/mol. The molecule has 0 aliphatic carbocycles. The van der Waals surface area contributed by atoms with Crippen molar-refractivity contribution in [2.45, 2.75) is 6.92 Å². The largest absolute Gasteiger partial charge is 0.303 e. The minimum absolute atomic E-state index is 0.0661. The molecule has 0 saturated carbocycles. The normalized spacial score (nSPS) is 15.3. The maximum Gasteiger partial charge on any atom is 0.303 e. The molecule has 8 nitrogen and oxygen atoms in total. The highest BCUT2D eigenvalue weighted by Crippen LogP contribution is 2.29. The van der Waals surface area contributed by atoms with Gasteiger partial charge in [-0.05, 0) is 6.92 Å². The summed E-state index contributed by atoms with van der Waals surface area (Å²) < 4.78 is 0. The van der Waals surface area contributed by atoms with Crippen LogP contribution in [-0.2, 0) is 4.79 Å². The molecule has 0 radical (unpaired) electrons. The fourth-order valence-corrected chi connectivity index (χ4v) is 3.65. The Hall–Kier alpha value is -3.24. The molecule has 1 aromatic carbocycles. The number of hydrazone groups is 2. The van der Waals surface area contributed by atoms with E-state index in [2.05, 4.69) is 25.6 Å². The molecule has 0 atom stereocenters. The lowest BCUT2D eigenvalue weighted by molar-refractivity contribution is -0.112. The number of carbonyl (C=O) groups excluding carboxylic acids is 2. The van der Waals surface area contributed by atoms with E-state index in [1.807, 2.05) is 35.7 Å². The van der Waals surface area contributed by atoms with E-state index in [-0.39, 0.29) is 10.7 Å². The Balaban J connectivity index is 1.53. The number of aromatic nitrogens is 2. The number of nitrogens with zero attached hydrogens (tertiary/aromatic N) is 5. The quantitative estimate of drug-likeness (QED) is 0.685. The smallest absolute Gasteiger partial charge is 0.265 e. The maximum atomic E-state index is 12.6. The van der Waals surface area contributed by atoms with Crippen LogP contribution < -0.4 is 10.4 Å². The van der Waals surface area contributed by atoms with Crippen LogP contribution in [0.2, 0.25) is 0 Å². The zero-order valence-electron chi connectivity index (χ0n) is 14.0. The van der Waals surface area contributed by atoms with Gasteiger partial charge in [-0.2, -0.15) is 15.2 Å². The van der Waals surface area contributed by atoms with Crippen molar-refractivity contribution in [1.29, 1.82) is 0 Å². The van der Waals surface area contributed by atoms with Crippen molar-refractivity contribution in [1.82, 2.24) is 15.4 Å². The van der Waals surface area contributed by atoms with Crippen molar-refractivity contribution in [2.75, 3.05) is 5.01 Å². The molecule has 3 heterocycles. The Morgan fingerprint density at radius 3 is 2.78 bits per heavy atom. The van der Waals surface area contributed by atoms with Crippen LogP contribution in [0.5, 0.6) is 0 Å². The molecule has 0 unspecified atom stereocenters. The van der Waals surface area contributed by atoms with E-state index < -0.39 is 11.8 Å². The summed E-state index contributed by atoms with van der Waals surface area (Å²) in [5, 5.41) is 13.6. The summed E-state index contributed by atoms with van der Waals surface area (Å²) in [7, 11) is 0. The van der Waals surface area contributed by atoms with E-state index >= 15 is 0 Å². The van der Waals surface area contributed by atoms with Crippen LogP contribution in [0.25, 0.3) is 11.3 Å². The van der Waals surface area contributed by atoms with Gasteiger partial charge >= 0.3 is 5.91 Å². The van der Waals surface area contributed by atoms with E-state index in [0.717, 1.165) is 11.3 Å². The van der Waals surface area contributed by atoms with Crippen LogP contribution in [0.4, 0.5) is 5.13 Å². The Labute approximate surface area is 161 Å². The summed E-state index contributed by atoms with van der Waals surface area (Å²) in [6.07, 6.45) is 1.52. The minimum atomic E-state index is -0.475. The summed E-state index contributed by atoms with van der Waals surface area (Å²) in [4.78, 5) is 33.0. The number of hydrogen-bond donors (Lipinski definition) is 1. The van der Waals surface area contributed by atoms with Gasteiger partial charge in [0.05, 0.1) is 11.4 Å². The summed E-state index contributed by atoms with van der Waals surface area (Å²) in [5.74, 6) is -0.918. The summed E-state index contributed by atoms with van der Waals surface area (Å²) in [6.45, 7) is 1.65. The number of nitrogens with one attached hydrogen (secondary N) is 1. The Bertz CT molecular complexity index is 1060. The van der Waals surface area contributed by atoms with Gasteiger partial charge in [0, 0.05) is 22.5 Å². The molecule has 3 aromatic rings.